The van der Waals surface area contributed by atoms with Gasteiger partial charge in [0.25, 0.3) is 0 Å². The summed E-state index contributed by atoms with van der Waals surface area (Å²) in [6.45, 7) is 74.9. The predicted octanol–water partition coefficient (Wildman–Crippen LogP) is 25.5. The van der Waals surface area contributed by atoms with Crippen LogP contribution in [-0.4, -0.2) is 241 Å². The molecule has 0 saturated carbocycles. The fraction of sp³-hybridized carbons (Fsp3) is 0.804. The molecule has 0 radical (unpaired) electrons. The Morgan fingerprint density at radius 2 is 0.566 bits per heavy atom. The molecule has 862 valence electrons. The molecule has 2 aromatic rings. The molecule has 143 heavy (non-hydrogen) atoms. The van der Waals surface area contributed by atoms with Crippen LogP contribution in [0.5, 0.6) is 0 Å². The van der Waals surface area contributed by atoms with Gasteiger partial charge in [-0.05, 0) is 181 Å². The molecule has 0 spiro atoms. The third-order valence-electron chi connectivity index (χ3n) is 19.2. The molecule has 0 saturated heterocycles. The fourth-order valence-corrected chi connectivity index (χ4v) is 10.6. The standard InChI is InChI=1S/C18H26N4O3S2.C17H28N2O2S.C12H23NO4.C11H22O3.C10H21NO.C10H22O2.C9H20.C8H18N2O.C8H17NO.C7H16.2CH4.9H2/c1-14(2)17(23)19-7-9-24-11-12-25-10-8-20-18(27)22-16-5-3-15(4-6-16)21-13-26;1-14(2)8-10-20-12-13-21-11-9-18-17(22)19-16-6-4-15(3)5-7-16;1-10(2)12(15)13-5-7-17-9-8-16-6-4-11(3)14;1-10(2)4-6-13-8-9-14-7-5-11(3)12;1-4-5-6-7-8-11-10(12)9(2)3;1-4-6-11-8-9-12-7-5-10(2)3;1-4-5-6-7-8-9(2)3;1-7(2)8(11)10-6-4-3-5-9;1-4-5-6-9-8(10)7(2)3;1-4-5-6-7(2)3;;;;;;;;;;;/h3-6,14H,7-12H2,1-2H3,(H,19,23)(H2,20,22,27);4-7,14H,8-13H2,1-3H3,(H2,18,19,22);10H,4-9H2,1-3H3,(H,13,15);10H,4-9H2,1-3H3;9H,4-8H2,1-3H3,(H,11,12);10H,4-9H2,1-3H3;9H,4-8H2,1-3H3;7H,3-6,9H2,1-2H3,(H,10,11);7H,4-6H2,1-3H3,(H,9,10);7H,4-6H2,1-3H3;2*1H4;9*1H. The summed E-state index contributed by atoms with van der Waals surface area (Å²) < 4.78 is 53.4. The van der Waals surface area contributed by atoms with Crippen molar-refractivity contribution in [3.63, 3.8) is 0 Å². The number of amides is 5. The number of carbonyl (C=O) groups is 7. The van der Waals surface area contributed by atoms with Crippen LogP contribution < -0.4 is 53.6 Å². The van der Waals surface area contributed by atoms with Crippen LogP contribution in [0.25, 0.3) is 0 Å². The van der Waals surface area contributed by atoms with Crippen molar-refractivity contribution in [1.82, 2.24) is 37.2 Å². The van der Waals surface area contributed by atoms with Gasteiger partial charge in [-0.1, -0.05) is 283 Å². The van der Waals surface area contributed by atoms with Gasteiger partial charge in [0, 0.05) is 139 Å². The van der Waals surface area contributed by atoms with E-state index in [-0.39, 0.29) is 98.4 Å². The van der Waals surface area contributed by atoms with Gasteiger partial charge in [0.1, 0.15) is 11.6 Å². The second kappa shape index (κ2) is 123. The number of ether oxygens (including phenoxy) is 10. The topological polar surface area (TPSA) is 358 Å². The van der Waals surface area contributed by atoms with Gasteiger partial charge in [0.2, 0.25) is 29.5 Å². The van der Waals surface area contributed by atoms with Gasteiger partial charge >= 0.3 is 0 Å². The maximum absolute atomic E-state index is 11.3. The third-order valence-corrected chi connectivity index (χ3v) is 19.8. The number of unbranched alkanes of at least 4 members (excludes halogenated alkanes) is 9. The number of thiocarbonyl (C=S) groups is 3. The van der Waals surface area contributed by atoms with Gasteiger partial charge in [-0.3, -0.25) is 33.6 Å². The van der Waals surface area contributed by atoms with E-state index in [1.807, 2.05) is 118 Å². The maximum Gasteiger partial charge on any atom is 0.222 e. The highest BCUT2D eigenvalue weighted by Crippen LogP contribution is 2.16. The molecule has 5 amide bonds. The molecule has 28 nitrogen and oxygen atoms in total. The zero-order valence-corrected chi connectivity index (χ0v) is 96.9. The van der Waals surface area contributed by atoms with E-state index in [9.17, 15) is 33.6 Å². The van der Waals surface area contributed by atoms with Gasteiger partial charge < -0.3 is 101 Å². The number of aliphatic imine (C=N–C) groups is 1. The van der Waals surface area contributed by atoms with Gasteiger partial charge in [0.05, 0.1) is 117 Å². The van der Waals surface area contributed by atoms with Crippen molar-refractivity contribution in [1.29, 1.82) is 0 Å². The highest BCUT2D eigenvalue weighted by molar-refractivity contribution is 7.80. The number of hydrogen-bond donors (Lipinski definition) is 10. The lowest BCUT2D eigenvalue weighted by atomic mass is 10.1. The molecule has 0 heterocycles. The van der Waals surface area contributed by atoms with E-state index in [2.05, 4.69) is 181 Å². The second-order valence-corrected chi connectivity index (χ2v) is 38.9. The van der Waals surface area contributed by atoms with Gasteiger partial charge in [-0.15, -0.1) is 0 Å². The lowest BCUT2D eigenvalue weighted by Gasteiger charge is -2.11. The Morgan fingerprint density at radius 1 is 0.308 bits per heavy atom. The highest BCUT2D eigenvalue weighted by Gasteiger charge is 2.11. The summed E-state index contributed by atoms with van der Waals surface area (Å²) in [5.74, 6) is 5.08. The fourth-order valence-electron chi connectivity index (χ4n) is 10.0. The normalized spacial score (nSPS) is 10.3. The van der Waals surface area contributed by atoms with Crippen LogP contribution in [0.3, 0.4) is 0 Å². The van der Waals surface area contributed by atoms with Crippen molar-refractivity contribution in [2.24, 2.45) is 69.9 Å². The Hall–Kier alpha value is -6.13. The molecule has 0 fully saturated rings. The molecular formula is C112H239N11O17S3. The smallest absolute Gasteiger partial charge is 0.222 e. The van der Waals surface area contributed by atoms with E-state index >= 15 is 0 Å². The predicted molar refractivity (Wildman–Crippen MR) is 635 cm³/mol. The van der Waals surface area contributed by atoms with E-state index in [1.165, 1.54) is 83.1 Å². The Bertz CT molecular complexity index is 3210. The minimum atomic E-state index is -0.00875. The molecule has 0 aliphatic rings. The van der Waals surface area contributed by atoms with Crippen LogP contribution in [-0.2, 0) is 80.9 Å². The summed E-state index contributed by atoms with van der Waals surface area (Å²) in [5, 5.41) is 29.9. The first-order chi connectivity index (χ1) is 67.1. The SMILES string of the molecule is C.C.CC(=O)CCOCCOCCC(C)C.CC(=O)CCOCCOCCNC(=O)C(C)C.CC(C)C(=O)NCCCCN.CC(C)C(=O)NCCOCCOCCNC(=S)Nc1ccc(N=C=S)cc1.CCCCC(C)C.CCCCCCC(C)C.CCCCCCNC(=O)C(C)C.CCCCNC(=O)C(C)C.CCCOCCOCCC(C)C.Cc1ccc(NC(=S)NCCOCCOCCC(C)C)cc1.[HH].[HH].[HH].[HH].[HH].[HH].[HH].[HH].[HH]. The number of nitrogens with two attached hydrogens (primary N) is 1. The Kier molecular flexibility index (Phi) is 135. The van der Waals surface area contributed by atoms with E-state index in [1.54, 1.807) is 6.92 Å². The number of nitrogens with one attached hydrogen (secondary N) is 9. The van der Waals surface area contributed by atoms with Crippen LogP contribution in [0.1, 0.15) is 361 Å². The van der Waals surface area contributed by atoms with Crippen molar-refractivity contribution in [3.05, 3.63) is 54.1 Å². The number of benzene rings is 2. The molecular weight excluding hydrogens is 1870 g/mol. The van der Waals surface area contributed by atoms with Crippen molar-refractivity contribution < 1.29 is 93.8 Å². The average molecular weight is 2110 g/mol. The van der Waals surface area contributed by atoms with Crippen LogP contribution in [0.15, 0.2) is 53.5 Å². The van der Waals surface area contributed by atoms with Gasteiger partial charge in [-0.2, -0.15) is 4.99 Å². The maximum atomic E-state index is 11.3. The number of anilines is 2. The van der Waals surface area contributed by atoms with Crippen LogP contribution in [0.2, 0.25) is 0 Å². The summed E-state index contributed by atoms with van der Waals surface area (Å²) in [5.41, 5.74) is 9.11. The summed E-state index contributed by atoms with van der Waals surface area (Å²) in [6.07, 6.45) is 25.7. The second-order valence-electron chi connectivity index (χ2n) is 37.9. The first-order valence-electron chi connectivity index (χ1n) is 53.3. The number of carbonyl (C=O) groups excluding carboxylic acids is 7. The molecule has 2 aromatic carbocycles. The van der Waals surface area contributed by atoms with Gasteiger partial charge in [-0.25, -0.2) is 0 Å². The molecule has 0 bridgehead atoms. The van der Waals surface area contributed by atoms with Crippen molar-refractivity contribution in [2.45, 2.75) is 350 Å². The zero-order valence-electron chi connectivity index (χ0n) is 94.4. The minimum absolute atomic E-state index is 0. The van der Waals surface area contributed by atoms with Crippen LogP contribution >= 0.6 is 36.7 Å². The van der Waals surface area contributed by atoms with Gasteiger partial charge in [0.15, 0.2) is 10.2 Å². The average Bonchev–Trinajstić information content (AvgIpc) is 0.913. The monoisotopic (exact) mass is 2110 g/mol. The number of rotatable bonds is 72. The lowest BCUT2D eigenvalue weighted by Crippen LogP contribution is -2.32. The van der Waals surface area contributed by atoms with E-state index in [4.69, 9.17) is 77.5 Å². The highest BCUT2D eigenvalue weighted by atomic mass is 32.1. The lowest BCUT2D eigenvalue weighted by molar-refractivity contribution is -0.125. The van der Waals surface area contributed by atoms with E-state index < -0.39 is 0 Å². The summed E-state index contributed by atoms with van der Waals surface area (Å²) in [4.78, 5) is 80.4. The molecule has 0 aliphatic heterocycles. The largest absolute Gasteiger partial charge is 0.379 e. The van der Waals surface area contributed by atoms with Crippen molar-refractivity contribution in [3.8, 4) is 0 Å². The number of isothiocyanates is 1. The van der Waals surface area contributed by atoms with E-state index in [0.29, 0.717) is 160 Å². The molecule has 0 atom stereocenters. The number of Topliss-reactive ketones (excluding diaryl/α,β-unsaturated/α-hetero) is 2. The van der Waals surface area contributed by atoms with E-state index in [0.717, 1.165) is 152 Å². The van der Waals surface area contributed by atoms with Crippen molar-refractivity contribution >= 4 is 110 Å². The molecule has 31 heteroatoms. The number of nitrogens with zero attached hydrogens (tertiary/aromatic N) is 1. The zero-order chi connectivity index (χ0) is 108. The quantitative estimate of drug-likeness (QED) is 0.0167. The molecule has 11 N–H and O–H groups in total. The summed E-state index contributed by atoms with van der Waals surface area (Å²) >= 11 is 15.0. The Labute approximate surface area is 905 Å². The third kappa shape index (κ3) is 144. The summed E-state index contributed by atoms with van der Waals surface area (Å²) in [7, 11) is 0. The first-order valence-corrected chi connectivity index (χ1v) is 54.5. The minimum Gasteiger partial charge on any atom is -0.379 e. The molecule has 2 rings (SSSR count). The van der Waals surface area contributed by atoms with Crippen molar-refractivity contribution in [2.75, 3.05) is 195 Å². The van der Waals surface area contributed by atoms with Crippen LogP contribution in [0.4, 0.5) is 17.1 Å². The number of hydrogen-bond acceptors (Lipinski definition) is 22. The number of aryl methyl sites for hydroxylation is 1. The Balaban J connectivity index is -0.0000000772. The Morgan fingerprint density at radius 3 is 0.839 bits per heavy atom. The summed E-state index contributed by atoms with van der Waals surface area (Å²) in [6, 6.07) is 15.5. The molecule has 0 aromatic heterocycles. The van der Waals surface area contributed by atoms with Crippen LogP contribution in [0, 0.1) is 66.1 Å². The molecule has 0 aliphatic carbocycles. The number of ketones is 2. The first kappa shape index (κ1) is 157. The molecule has 0 unspecified atom stereocenters.